The standard InChI is InChI=1S/C27H35N2O3.U/c1-3-24(29-26(31)18-28-27(32)23-6-4-5-19(2)17-23)14-9-20-7-10-21(11-8-20)22-12-15-25(30)16-13-22;/h4-6,12-13,15-17,20,24,30H,3,7-11,14,18H2,1-2H3,(H,28,32)(H,29,31);/q-1;. The van der Waals surface area contributed by atoms with Crippen molar-refractivity contribution in [2.75, 3.05) is 6.54 Å². The number of aryl methyl sites for hydroxylation is 1. The Morgan fingerprint density at radius 3 is 2.45 bits per heavy atom. The molecule has 3 rings (SSSR count). The second-order valence-electron chi connectivity index (χ2n) is 8.90. The Labute approximate surface area is 221 Å². The molecule has 0 saturated heterocycles. The van der Waals surface area contributed by atoms with Gasteiger partial charge < -0.3 is 15.7 Å². The van der Waals surface area contributed by atoms with Crippen molar-refractivity contribution < 1.29 is 45.8 Å². The Kier molecular flexibility index (Phi) is 11.4. The number of phenolic OH excluding ortho intramolecular Hbond substituents is 1. The van der Waals surface area contributed by atoms with Crippen LogP contribution in [0.1, 0.15) is 73.4 Å². The van der Waals surface area contributed by atoms with Crippen molar-refractivity contribution in [3.05, 3.63) is 71.1 Å². The summed E-state index contributed by atoms with van der Waals surface area (Å²) in [4.78, 5) is 24.6. The van der Waals surface area contributed by atoms with Crippen LogP contribution in [0.5, 0.6) is 5.75 Å². The number of hydrogen-bond donors (Lipinski definition) is 3. The summed E-state index contributed by atoms with van der Waals surface area (Å²) in [7, 11) is 0. The normalized spacial score (nSPS) is 14.8. The molecule has 1 aliphatic carbocycles. The molecule has 2 aromatic carbocycles. The van der Waals surface area contributed by atoms with Gasteiger partial charge in [0.05, 0.1) is 12.3 Å². The summed E-state index contributed by atoms with van der Waals surface area (Å²) in [5.41, 5.74) is 2.84. The van der Waals surface area contributed by atoms with Gasteiger partial charge in [0.1, 0.15) is 0 Å². The van der Waals surface area contributed by atoms with Crippen LogP contribution >= 0.6 is 0 Å². The first-order valence-corrected chi connectivity index (χ1v) is 11.7. The molecule has 0 radical (unpaired) electrons. The Bertz CT molecular complexity index is 892. The van der Waals surface area contributed by atoms with Gasteiger partial charge in [0.2, 0.25) is 5.91 Å². The molecule has 0 spiro atoms. The summed E-state index contributed by atoms with van der Waals surface area (Å²) in [6.45, 7) is 4.03. The fraction of sp³-hybridized carbons (Fsp3) is 0.444. The summed E-state index contributed by atoms with van der Waals surface area (Å²) in [5, 5.41) is 15.3. The average molecular weight is 674 g/mol. The number of amides is 2. The second-order valence-corrected chi connectivity index (χ2v) is 8.90. The summed E-state index contributed by atoms with van der Waals surface area (Å²) in [6, 6.07) is 15.0. The summed E-state index contributed by atoms with van der Waals surface area (Å²) in [5.74, 6) is 2.11. The first kappa shape index (κ1) is 27.3. The molecule has 1 saturated carbocycles. The van der Waals surface area contributed by atoms with Crippen LogP contribution in [-0.2, 0) is 4.79 Å². The number of aromatic hydroxyl groups is 1. The fourth-order valence-electron chi connectivity index (χ4n) is 4.44. The second kappa shape index (κ2) is 13.7. The van der Waals surface area contributed by atoms with Gasteiger partial charge in [-0.15, -0.1) is 0 Å². The molecule has 6 heteroatoms. The van der Waals surface area contributed by atoms with E-state index in [1.807, 2.05) is 37.3 Å². The molecule has 5 nitrogen and oxygen atoms in total. The van der Waals surface area contributed by atoms with E-state index in [-0.39, 0.29) is 55.5 Å². The van der Waals surface area contributed by atoms with E-state index in [2.05, 4.69) is 17.6 Å². The molecule has 1 fully saturated rings. The van der Waals surface area contributed by atoms with Gasteiger partial charge in [0, 0.05) is 42.7 Å². The van der Waals surface area contributed by atoms with E-state index in [1.165, 1.54) is 24.3 Å². The predicted octanol–water partition coefficient (Wildman–Crippen LogP) is 4.92. The summed E-state index contributed by atoms with van der Waals surface area (Å²) < 4.78 is 0. The maximum absolute atomic E-state index is 12.3. The van der Waals surface area contributed by atoms with Crippen LogP contribution in [0.4, 0.5) is 0 Å². The number of benzene rings is 2. The van der Waals surface area contributed by atoms with E-state index in [0.717, 1.165) is 37.7 Å². The van der Waals surface area contributed by atoms with E-state index in [0.29, 0.717) is 17.2 Å². The molecule has 3 N–H and O–H groups in total. The maximum atomic E-state index is 12.3. The Hall–Kier alpha value is -1.90. The maximum Gasteiger partial charge on any atom is 0.251 e. The van der Waals surface area contributed by atoms with Crippen LogP contribution in [0.3, 0.4) is 0 Å². The SMILES string of the molecule is CCC(CCC1CC[C-](c2ccc(O)cc2)CC1)NC(=O)CNC(=O)c1cccc(C)c1.[U]. The molecular weight excluding hydrogens is 638 g/mol. The third-order valence-corrected chi connectivity index (χ3v) is 6.46. The number of phenols is 1. The van der Waals surface area contributed by atoms with Gasteiger partial charge in [-0.2, -0.15) is 23.6 Å². The zero-order valence-electron chi connectivity index (χ0n) is 19.7. The van der Waals surface area contributed by atoms with Crippen LogP contribution in [-0.4, -0.2) is 29.5 Å². The number of hydrogen-bond acceptors (Lipinski definition) is 3. The quantitative estimate of drug-likeness (QED) is 0.331. The number of carbonyl (C=O) groups excluding carboxylic acids is 2. The minimum atomic E-state index is -0.222. The van der Waals surface area contributed by atoms with Crippen molar-refractivity contribution in [1.82, 2.24) is 10.6 Å². The van der Waals surface area contributed by atoms with Crippen molar-refractivity contribution in [3.8, 4) is 5.75 Å². The topological polar surface area (TPSA) is 78.4 Å². The zero-order valence-corrected chi connectivity index (χ0v) is 23.9. The minimum Gasteiger partial charge on any atom is -0.510 e. The number of rotatable bonds is 9. The molecular formula is C27H35N2O3U-. The molecule has 1 atom stereocenters. The molecule has 2 aromatic rings. The van der Waals surface area contributed by atoms with Crippen molar-refractivity contribution in [2.45, 2.75) is 64.8 Å². The molecule has 1 aliphatic rings. The van der Waals surface area contributed by atoms with E-state index >= 15 is 0 Å². The van der Waals surface area contributed by atoms with Gasteiger partial charge >= 0.3 is 0 Å². The molecule has 0 aromatic heterocycles. The Morgan fingerprint density at radius 1 is 1.12 bits per heavy atom. The van der Waals surface area contributed by atoms with Gasteiger partial charge in [-0.05, 0) is 44.2 Å². The molecule has 176 valence electrons. The van der Waals surface area contributed by atoms with Crippen molar-refractivity contribution in [3.63, 3.8) is 0 Å². The van der Waals surface area contributed by atoms with Crippen molar-refractivity contribution >= 4 is 11.8 Å². The van der Waals surface area contributed by atoms with Crippen molar-refractivity contribution in [1.29, 1.82) is 0 Å². The molecule has 0 aliphatic heterocycles. The van der Waals surface area contributed by atoms with Crippen LogP contribution < -0.4 is 10.6 Å². The molecule has 0 bridgehead atoms. The van der Waals surface area contributed by atoms with Gasteiger partial charge in [-0.3, -0.25) is 9.59 Å². The van der Waals surface area contributed by atoms with Crippen LogP contribution in [0.2, 0.25) is 0 Å². The Balaban J connectivity index is 0.00000385. The van der Waals surface area contributed by atoms with Crippen LogP contribution in [0.25, 0.3) is 0 Å². The predicted molar refractivity (Wildman–Crippen MR) is 127 cm³/mol. The number of nitrogens with one attached hydrogen (secondary N) is 2. The first-order chi connectivity index (χ1) is 15.4. The van der Waals surface area contributed by atoms with Gasteiger partial charge in [-0.25, -0.2) is 0 Å². The summed E-state index contributed by atoms with van der Waals surface area (Å²) in [6.07, 6.45) is 7.51. The number of carbonyl (C=O) groups is 2. The third kappa shape index (κ3) is 8.76. The van der Waals surface area contributed by atoms with Crippen LogP contribution in [0, 0.1) is 49.9 Å². The monoisotopic (exact) mass is 673 g/mol. The van der Waals surface area contributed by atoms with E-state index in [4.69, 9.17) is 0 Å². The van der Waals surface area contributed by atoms with E-state index in [1.54, 1.807) is 18.2 Å². The van der Waals surface area contributed by atoms with Gasteiger partial charge in [0.15, 0.2) is 0 Å². The fourth-order valence-corrected chi connectivity index (χ4v) is 4.44. The smallest absolute Gasteiger partial charge is 0.251 e. The summed E-state index contributed by atoms with van der Waals surface area (Å²) >= 11 is 0. The van der Waals surface area contributed by atoms with Crippen molar-refractivity contribution in [2.24, 2.45) is 5.92 Å². The largest absolute Gasteiger partial charge is 0.510 e. The van der Waals surface area contributed by atoms with Gasteiger partial charge in [0.25, 0.3) is 5.91 Å². The zero-order chi connectivity index (χ0) is 22.9. The average Bonchev–Trinajstić information content (AvgIpc) is 2.81. The van der Waals surface area contributed by atoms with E-state index in [9.17, 15) is 14.7 Å². The van der Waals surface area contributed by atoms with Gasteiger partial charge in [-0.1, -0.05) is 62.4 Å². The molecule has 1 unspecified atom stereocenters. The Morgan fingerprint density at radius 2 is 1.82 bits per heavy atom. The molecule has 2 amide bonds. The molecule has 0 heterocycles. The first-order valence-electron chi connectivity index (χ1n) is 11.7. The third-order valence-electron chi connectivity index (χ3n) is 6.46. The van der Waals surface area contributed by atoms with Crippen LogP contribution in [0.15, 0.2) is 48.5 Å². The molecule has 33 heavy (non-hydrogen) atoms. The minimum absolute atomic E-state index is 0. The van der Waals surface area contributed by atoms with E-state index < -0.39 is 0 Å².